The molecule has 0 aliphatic carbocycles. The molecule has 0 bridgehead atoms. The first kappa shape index (κ1) is 18.6. The maximum absolute atomic E-state index is 13.1. The lowest BCUT2D eigenvalue weighted by Crippen LogP contribution is -2.20. The molecule has 0 spiro atoms. The highest BCUT2D eigenvalue weighted by Gasteiger charge is 2.30. The first-order valence-electron chi connectivity index (χ1n) is 6.31. The van der Waals surface area contributed by atoms with E-state index in [1.54, 1.807) is 6.92 Å². The molecule has 0 amide bonds. The number of halogens is 4. The van der Waals surface area contributed by atoms with Crippen molar-refractivity contribution in [3.8, 4) is 0 Å². The smallest absolute Gasteiger partial charge is 0.306 e. The van der Waals surface area contributed by atoms with Crippen molar-refractivity contribution >= 4 is 29.2 Å². The van der Waals surface area contributed by atoms with Crippen molar-refractivity contribution < 1.29 is 23.2 Å². The number of rotatable bonds is 7. The summed E-state index contributed by atoms with van der Waals surface area (Å²) in [6.45, 7) is 0.908. The topological polar surface area (TPSA) is 69.4 Å². The second kappa shape index (κ2) is 8.24. The molecule has 0 fully saturated rings. The van der Waals surface area contributed by atoms with Crippen LogP contribution in [-0.4, -0.2) is 24.0 Å². The van der Waals surface area contributed by atoms with Crippen molar-refractivity contribution in [2.75, 3.05) is 13.2 Å². The second-order valence-electron chi connectivity index (χ2n) is 4.39. The molecule has 0 N–H and O–H groups in total. The van der Waals surface area contributed by atoms with E-state index in [9.17, 15) is 23.7 Å². The van der Waals surface area contributed by atoms with Crippen molar-refractivity contribution in [1.82, 2.24) is 0 Å². The summed E-state index contributed by atoms with van der Waals surface area (Å²) in [5.74, 6) is -1.88. The maximum atomic E-state index is 13.1. The van der Waals surface area contributed by atoms with Gasteiger partial charge in [0.2, 0.25) is 6.54 Å². The summed E-state index contributed by atoms with van der Waals surface area (Å²) in [6.07, 6.45) is -3.34. The Labute approximate surface area is 135 Å². The number of carbonyl (C=O) groups excluding carboxylic acids is 1. The van der Waals surface area contributed by atoms with Gasteiger partial charge in [0.1, 0.15) is 0 Å². The number of alkyl halides is 2. The van der Waals surface area contributed by atoms with Gasteiger partial charge in [-0.15, -0.1) is 0 Å². The van der Waals surface area contributed by atoms with E-state index in [4.69, 9.17) is 27.9 Å². The predicted molar refractivity (Wildman–Crippen MR) is 77.3 cm³/mol. The van der Waals surface area contributed by atoms with Gasteiger partial charge in [0.25, 0.3) is 6.43 Å². The highest BCUT2D eigenvalue weighted by Crippen LogP contribution is 2.39. The molecule has 0 radical (unpaired) electrons. The van der Waals surface area contributed by atoms with Crippen LogP contribution in [-0.2, 0) is 9.53 Å². The average molecular weight is 356 g/mol. The van der Waals surface area contributed by atoms with Gasteiger partial charge in [0.15, 0.2) is 0 Å². The molecule has 1 atom stereocenters. The van der Waals surface area contributed by atoms with Gasteiger partial charge in [0.05, 0.1) is 29.0 Å². The normalized spacial score (nSPS) is 12.3. The Morgan fingerprint density at radius 3 is 2.55 bits per heavy atom. The van der Waals surface area contributed by atoms with E-state index >= 15 is 0 Å². The van der Waals surface area contributed by atoms with Crippen LogP contribution in [0.3, 0.4) is 0 Å². The van der Waals surface area contributed by atoms with Crippen LogP contribution in [0.5, 0.6) is 0 Å². The molecule has 0 saturated heterocycles. The number of hydrogen-bond acceptors (Lipinski definition) is 4. The molecule has 1 aromatic carbocycles. The fraction of sp³-hybridized carbons (Fsp3) is 0.462. The third-order valence-electron chi connectivity index (χ3n) is 2.90. The highest BCUT2D eigenvalue weighted by molar-refractivity contribution is 6.42. The average Bonchev–Trinajstić information content (AvgIpc) is 2.40. The number of hydrogen-bond donors (Lipinski definition) is 0. The Morgan fingerprint density at radius 1 is 1.41 bits per heavy atom. The van der Waals surface area contributed by atoms with E-state index in [1.807, 2.05) is 0 Å². The van der Waals surface area contributed by atoms with Gasteiger partial charge in [-0.2, -0.15) is 0 Å². The Kier molecular flexibility index (Phi) is 6.96. The van der Waals surface area contributed by atoms with Crippen molar-refractivity contribution in [2.45, 2.75) is 25.7 Å². The Hall–Kier alpha value is -1.47. The van der Waals surface area contributed by atoms with Crippen LogP contribution in [0, 0.1) is 10.1 Å². The highest BCUT2D eigenvalue weighted by atomic mass is 35.5. The molecular formula is C13H13Cl2F2NO4. The van der Waals surface area contributed by atoms with Crippen LogP contribution < -0.4 is 0 Å². The summed E-state index contributed by atoms with van der Waals surface area (Å²) in [5, 5.41) is 10.6. The standard InChI is InChI=1S/C13H13Cl2F2NO4/c1-2-22-10(19)5-7(6-18(20)21)11-8(13(16)17)3-4-9(14)12(11)15/h3-4,7,13H,2,5-6H2,1H3. The number of esters is 1. The molecule has 0 aliphatic heterocycles. The minimum Gasteiger partial charge on any atom is -0.466 e. The van der Waals surface area contributed by atoms with Gasteiger partial charge in [-0.3, -0.25) is 14.9 Å². The van der Waals surface area contributed by atoms with Crippen LogP contribution in [0.2, 0.25) is 10.0 Å². The van der Waals surface area contributed by atoms with E-state index in [0.29, 0.717) is 0 Å². The molecule has 1 unspecified atom stereocenters. The van der Waals surface area contributed by atoms with E-state index < -0.39 is 41.8 Å². The molecule has 0 aromatic heterocycles. The summed E-state index contributed by atoms with van der Waals surface area (Å²) in [7, 11) is 0. The van der Waals surface area contributed by atoms with E-state index in [0.717, 1.165) is 6.07 Å². The summed E-state index contributed by atoms with van der Waals surface area (Å²) < 4.78 is 31.0. The lowest BCUT2D eigenvalue weighted by atomic mass is 9.91. The van der Waals surface area contributed by atoms with Gasteiger partial charge in [-0.25, -0.2) is 8.78 Å². The van der Waals surface area contributed by atoms with Gasteiger partial charge in [-0.1, -0.05) is 29.3 Å². The SMILES string of the molecule is CCOC(=O)CC(C[N+](=O)[O-])c1c(C(F)F)ccc(Cl)c1Cl. The number of ether oxygens (including phenoxy) is 1. The fourth-order valence-electron chi connectivity index (χ4n) is 2.05. The molecule has 1 aromatic rings. The zero-order valence-electron chi connectivity index (χ0n) is 11.5. The summed E-state index contributed by atoms with van der Waals surface area (Å²) in [4.78, 5) is 21.7. The Balaban J connectivity index is 3.31. The monoisotopic (exact) mass is 355 g/mol. The van der Waals surface area contributed by atoms with Crippen molar-refractivity contribution in [3.63, 3.8) is 0 Å². The maximum Gasteiger partial charge on any atom is 0.306 e. The largest absolute Gasteiger partial charge is 0.466 e. The number of nitro groups is 1. The quantitative estimate of drug-likeness (QED) is 0.416. The van der Waals surface area contributed by atoms with Crippen molar-refractivity contribution in [3.05, 3.63) is 43.4 Å². The first-order valence-corrected chi connectivity index (χ1v) is 7.06. The molecule has 122 valence electrons. The number of carbonyl (C=O) groups is 1. The third kappa shape index (κ3) is 4.78. The van der Waals surface area contributed by atoms with Gasteiger partial charge < -0.3 is 4.74 Å². The Bertz CT molecular complexity index is 569. The Morgan fingerprint density at radius 2 is 2.05 bits per heavy atom. The van der Waals surface area contributed by atoms with Crippen molar-refractivity contribution in [1.29, 1.82) is 0 Å². The number of benzene rings is 1. The molecule has 1 rings (SSSR count). The molecule has 5 nitrogen and oxygen atoms in total. The molecule has 22 heavy (non-hydrogen) atoms. The van der Waals surface area contributed by atoms with Crippen LogP contribution in [0.25, 0.3) is 0 Å². The van der Waals surface area contributed by atoms with Crippen LogP contribution in [0.15, 0.2) is 12.1 Å². The van der Waals surface area contributed by atoms with Gasteiger partial charge in [-0.05, 0) is 18.6 Å². The lowest BCUT2D eigenvalue weighted by molar-refractivity contribution is -0.483. The minimum absolute atomic E-state index is 0.0155. The fourth-order valence-corrected chi connectivity index (χ4v) is 2.54. The summed E-state index contributed by atoms with van der Waals surface area (Å²) in [5.41, 5.74) is -0.667. The summed E-state index contributed by atoms with van der Waals surface area (Å²) in [6, 6.07) is 2.23. The minimum atomic E-state index is -2.90. The lowest BCUT2D eigenvalue weighted by Gasteiger charge is -2.18. The first-order chi connectivity index (χ1) is 10.3. The third-order valence-corrected chi connectivity index (χ3v) is 3.72. The van der Waals surface area contributed by atoms with Gasteiger partial charge in [0, 0.05) is 10.5 Å². The van der Waals surface area contributed by atoms with Crippen molar-refractivity contribution in [2.24, 2.45) is 0 Å². The molecule has 0 heterocycles. The summed E-state index contributed by atoms with van der Waals surface area (Å²) >= 11 is 11.7. The van der Waals surface area contributed by atoms with E-state index in [-0.39, 0.29) is 22.2 Å². The molecule has 0 saturated carbocycles. The molecule has 0 aliphatic rings. The van der Waals surface area contributed by atoms with Crippen LogP contribution in [0.4, 0.5) is 8.78 Å². The molecule has 9 heteroatoms. The van der Waals surface area contributed by atoms with E-state index in [2.05, 4.69) is 0 Å². The zero-order chi connectivity index (χ0) is 16.9. The van der Waals surface area contributed by atoms with Crippen LogP contribution >= 0.6 is 23.2 Å². The predicted octanol–water partition coefficient (Wildman–Crippen LogP) is 4.24. The molecular weight excluding hydrogens is 343 g/mol. The zero-order valence-corrected chi connectivity index (χ0v) is 13.0. The number of nitrogens with zero attached hydrogens (tertiary/aromatic N) is 1. The second-order valence-corrected chi connectivity index (χ2v) is 5.17. The van der Waals surface area contributed by atoms with Gasteiger partial charge >= 0.3 is 5.97 Å². The van der Waals surface area contributed by atoms with Crippen LogP contribution in [0.1, 0.15) is 36.8 Å². The van der Waals surface area contributed by atoms with E-state index in [1.165, 1.54) is 6.07 Å².